The Balaban J connectivity index is 1.45. The monoisotopic (exact) mass is 341 g/mol. The van der Waals surface area contributed by atoms with Crippen LogP contribution in [0.15, 0.2) is 15.9 Å². The molecular weight excluding hydrogens is 310 g/mol. The van der Waals surface area contributed by atoms with E-state index in [9.17, 15) is 4.79 Å². The van der Waals surface area contributed by atoms with Crippen molar-refractivity contribution in [2.24, 2.45) is 5.41 Å². The SMILES string of the molecule is CC1=C(CCN2CCc3nc(C4CC4)[nH]c(=O)c3C2)C(C)(C)CCC1. The second-order valence-corrected chi connectivity index (χ2v) is 8.92. The summed E-state index contributed by atoms with van der Waals surface area (Å²) in [5.41, 5.74) is 5.65. The third-order valence-electron chi connectivity index (χ3n) is 6.49. The summed E-state index contributed by atoms with van der Waals surface area (Å²) >= 11 is 0. The minimum Gasteiger partial charge on any atom is -0.310 e. The van der Waals surface area contributed by atoms with E-state index < -0.39 is 0 Å². The van der Waals surface area contributed by atoms with Crippen molar-refractivity contribution in [2.45, 2.75) is 78.2 Å². The molecule has 1 aliphatic heterocycles. The zero-order chi connectivity index (χ0) is 17.6. The lowest BCUT2D eigenvalue weighted by Crippen LogP contribution is -2.37. The molecule has 3 aliphatic rings. The second kappa shape index (κ2) is 6.39. The van der Waals surface area contributed by atoms with Gasteiger partial charge in [0.05, 0.1) is 11.3 Å². The number of hydrogen-bond donors (Lipinski definition) is 1. The molecule has 0 bridgehead atoms. The number of aromatic nitrogens is 2. The Kier molecular flexibility index (Phi) is 4.35. The fraction of sp³-hybridized carbons (Fsp3) is 0.714. The predicted octanol–water partition coefficient (Wildman–Crippen LogP) is 3.92. The van der Waals surface area contributed by atoms with Gasteiger partial charge in [0.2, 0.25) is 0 Å². The lowest BCUT2D eigenvalue weighted by Gasteiger charge is -2.36. The number of nitrogens with zero attached hydrogens (tertiary/aromatic N) is 2. The molecule has 0 radical (unpaired) electrons. The van der Waals surface area contributed by atoms with Crippen LogP contribution in [0.1, 0.15) is 82.3 Å². The summed E-state index contributed by atoms with van der Waals surface area (Å²) in [6.45, 7) is 9.94. The van der Waals surface area contributed by atoms with E-state index in [0.29, 0.717) is 11.3 Å². The van der Waals surface area contributed by atoms with Crippen molar-refractivity contribution in [3.05, 3.63) is 38.6 Å². The molecule has 1 fully saturated rings. The molecule has 2 aliphatic carbocycles. The molecule has 4 rings (SSSR count). The Labute approximate surface area is 150 Å². The van der Waals surface area contributed by atoms with Gasteiger partial charge < -0.3 is 4.98 Å². The Hall–Kier alpha value is -1.42. The van der Waals surface area contributed by atoms with Gasteiger partial charge in [-0.3, -0.25) is 9.69 Å². The molecular formula is C21H31N3O. The lowest BCUT2D eigenvalue weighted by molar-refractivity contribution is 0.241. The molecule has 136 valence electrons. The van der Waals surface area contributed by atoms with Crippen molar-refractivity contribution in [2.75, 3.05) is 13.1 Å². The molecule has 0 unspecified atom stereocenters. The van der Waals surface area contributed by atoms with Crippen LogP contribution >= 0.6 is 0 Å². The van der Waals surface area contributed by atoms with Crippen molar-refractivity contribution in [3.8, 4) is 0 Å². The quantitative estimate of drug-likeness (QED) is 0.844. The van der Waals surface area contributed by atoms with Crippen molar-refractivity contribution in [1.82, 2.24) is 14.9 Å². The summed E-state index contributed by atoms with van der Waals surface area (Å²) in [6.07, 6.45) is 8.30. The largest absolute Gasteiger partial charge is 0.310 e. The first-order chi connectivity index (χ1) is 11.9. The Bertz CT molecular complexity index is 755. The average molecular weight is 341 g/mol. The number of nitrogens with one attached hydrogen (secondary N) is 1. The second-order valence-electron chi connectivity index (χ2n) is 8.92. The van der Waals surface area contributed by atoms with E-state index >= 15 is 0 Å². The fourth-order valence-corrected chi connectivity index (χ4v) is 4.74. The summed E-state index contributed by atoms with van der Waals surface area (Å²) < 4.78 is 0. The Morgan fingerprint density at radius 3 is 2.80 bits per heavy atom. The van der Waals surface area contributed by atoms with Gasteiger partial charge in [-0.15, -0.1) is 0 Å². The number of rotatable bonds is 4. The molecule has 1 saturated carbocycles. The number of allylic oxidation sites excluding steroid dienone is 1. The fourth-order valence-electron chi connectivity index (χ4n) is 4.74. The zero-order valence-electron chi connectivity index (χ0n) is 16.0. The maximum Gasteiger partial charge on any atom is 0.255 e. The minimum absolute atomic E-state index is 0.102. The van der Waals surface area contributed by atoms with Crippen LogP contribution in [-0.2, 0) is 13.0 Å². The van der Waals surface area contributed by atoms with Crippen LogP contribution in [0.2, 0.25) is 0 Å². The normalized spacial score (nSPS) is 23.6. The van der Waals surface area contributed by atoms with E-state index in [-0.39, 0.29) is 5.56 Å². The van der Waals surface area contributed by atoms with Gasteiger partial charge in [-0.2, -0.15) is 0 Å². The third-order valence-corrected chi connectivity index (χ3v) is 6.49. The summed E-state index contributed by atoms with van der Waals surface area (Å²) in [4.78, 5) is 22.7. The molecule has 0 saturated heterocycles. The van der Waals surface area contributed by atoms with Crippen LogP contribution in [0.25, 0.3) is 0 Å². The molecule has 0 aromatic carbocycles. The minimum atomic E-state index is 0.102. The average Bonchev–Trinajstić information content (AvgIpc) is 3.39. The highest BCUT2D eigenvalue weighted by atomic mass is 16.1. The van der Waals surface area contributed by atoms with Gasteiger partial charge in [-0.05, 0) is 50.9 Å². The van der Waals surface area contributed by atoms with Crippen LogP contribution in [-0.4, -0.2) is 28.0 Å². The zero-order valence-corrected chi connectivity index (χ0v) is 16.0. The van der Waals surface area contributed by atoms with Crippen LogP contribution < -0.4 is 5.56 Å². The maximum atomic E-state index is 12.5. The predicted molar refractivity (Wildman–Crippen MR) is 101 cm³/mol. The van der Waals surface area contributed by atoms with E-state index in [1.807, 2.05) is 0 Å². The van der Waals surface area contributed by atoms with E-state index in [1.165, 1.54) is 32.1 Å². The molecule has 0 atom stereocenters. The smallest absolute Gasteiger partial charge is 0.255 e. The van der Waals surface area contributed by atoms with E-state index in [0.717, 1.165) is 49.6 Å². The van der Waals surface area contributed by atoms with Crippen LogP contribution in [0.3, 0.4) is 0 Å². The first-order valence-electron chi connectivity index (χ1n) is 9.97. The molecule has 4 nitrogen and oxygen atoms in total. The van der Waals surface area contributed by atoms with Crippen molar-refractivity contribution < 1.29 is 0 Å². The van der Waals surface area contributed by atoms with Crippen LogP contribution in [0.5, 0.6) is 0 Å². The maximum absolute atomic E-state index is 12.5. The van der Waals surface area contributed by atoms with Gasteiger partial charge in [0, 0.05) is 32.0 Å². The first kappa shape index (κ1) is 17.0. The molecule has 0 spiro atoms. The van der Waals surface area contributed by atoms with Gasteiger partial charge in [0.25, 0.3) is 5.56 Å². The Morgan fingerprint density at radius 1 is 1.28 bits per heavy atom. The summed E-state index contributed by atoms with van der Waals surface area (Å²) in [6, 6.07) is 0. The molecule has 2 heterocycles. The molecule has 25 heavy (non-hydrogen) atoms. The van der Waals surface area contributed by atoms with E-state index in [2.05, 4.69) is 30.7 Å². The van der Waals surface area contributed by atoms with Crippen molar-refractivity contribution >= 4 is 0 Å². The number of hydrogen-bond acceptors (Lipinski definition) is 3. The topological polar surface area (TPSA) is 49.0 Å². The molecule has 1 N–H and O–H groups in total. The summed E-state index contributed by atoms with van der Waals surface area (Å²) in [7, 11) is 0. The van der Waals surface area contributed by atoms with Gasteiger partial charge in [0.15, 0.2) is 0 Å². The summed E-state index contributed by atoms with van der Waals surface area (Å²) in [5, 5.41) is 0. The van der Waals surface area contributed by atoms with Gasteiger partial charge in [-0.25, -0.2) is 4.98 Å². The van der Waals surface area contributed by atoms with Crippen LogP contribution in [0, 0.1) is 5.41 Å². The van der Waals surface area contributed by atoms with Gasteiger partial charge in [-0.1, -0.05) is 25.0 Å². The summed E-state index contributed by atoms with van der Waals surface area (Å²) in [5.74, 6) is 1.45. The molecule has 1 aromatic heterocycles. The molecule has 1 aromatic rings. The number of fused-ring (bicyclic) bond motifs is 1. The highest BCUT2D eigenvalue weighted by molar-refractivity contribution is 5.24. The van der Waals surface area contributed by atoms with Gasteiger partial charge in [0.1, 0.15) is 5.82 Å². The van der Waals surface area contributed by atoms with E-state index in [4.69, 9.17) is 4.98 Å². The van der Waals surface area contributed by atoms with Crippen molar-refractivity contribution in [3.63, 3.8) is 0 Å². The third kappa shape index (κ3) is 3.46. The first-order valence-corrected chi connectivity index (χ1v) is 9.97. The van der Waals surface area contributed by atoms with Crippen molar-refractivity contribution in [1.29, 1.82) is 0 Å². The highest BCUT2D eigenvalue weighted by Gasteiger charge is 2.30. The number of H-pyrrole nitrogens is 1. The Morgan fingerprint density at radius 2 is 2.08 bits per heavy atom. The number of aromatic amines is 1. The highest BCUT2D eigenvalue weighted by Crippen LogP contribution is 2.42. The standard InChI is InChI=1S/C21H31N3O/c1-14-5-4-10-21(2,3)17(14)8-11-24-12-9-18-16(13-24)20(25)23-19(22-18)15-6-7-15/h15H,4-13H2,1-3H3,(H,22,23,25). The molecule has 4 heteroatoms. The lowest BCUT2D eigenvalue weighted by atomic mass is 9.71. The van der Waals surface area contributed by atoms with Gasteiger partial charge >= 0.3 is 0 Å². The van der Waals surface area contributed by atoms with E-state index in [1.54, 1.807) is 11.1 Å². The van der Waals surface area contributed by atoms with Crippen LogP contribution in [0.4, 0.5) is 0 Å². The molecule has 0 amide bonds.